The average molecular weight is 216 g/mol. The van der Waals surface area contributed by atoms with Crippen LogP contribution in [-0.4, -0.2) is 11.8 Å². The second-order valence-corrected chi connectivity index (χ2v) is 4.00. The summed E-state index contributed by atoms with van der Waals surface area (Å²) < 4.78 is 0. The molecule has 0 bridgehead atoms. The van der Waals surface area contributed by atoms with Gasteiger partial charge in [-0.1, -0.05) is 23.7 Å². The van der Waals surface area contributed by atoms with E-state index in [0.29, 0.717) is 5.75 Å². The summed E-state index contributed by atoms with van der Waals surface area (Å²) >= 11 is 10.0. The molecule has 72 valence electrons. The van der Waals surface area contributed by atoms with Crippen LogP contribution in [0.5, 0.6) is 0 Å². The molecule has 1 nitrogen and oxygen atoms in total. The first-order chi connectivity index (χ1) is 6.13. The topological polar surface area (TPSA) is 26.0 Å². The smallest absolute Gasteiger partial charge is 0.0435 e. The van der Waals surface area contributed by atoms with E-state index in [-0.39, 0.29) is 6.04 Å². The normalized spacial score (nSPS) is 12.9. The summed E-state index contributed by atoms with van der Waals surface area (Å²) in [7, 11) is 0. The third kappa shape index (κ3) is 3.22. The molecule has 13 heavy (non-hydrogen) atoms. The van der Waals surface area contributed by atoms with Crippen molar-refractivity contribution >= 4 is 24.2 Å². The zero-order chi connectivity index (χ0) is 9.84. The van der Waals surface area contributed by atoms with E-state index in [1.165, 1.54) is 5.56 Å². The zero-order valence-electron chi connectivity index (χ0n) is 7.63. The van der Waals surface area contributed by atoms with Crippen LogP contribution in [0, 0.1) is 6.92 Å². The van der Waals surface area contributed by atoms with E-state index in [0.717, 1.165) is 17.0 Å². The van der Waals surface area contributed by atoms with Crippen LogP contribution in [-0.2, 0) is 6.42 Å². The van der Waals surface area contributed by atoms with Crippen molar-refractivity contribution < 1.29 is 0 Å². The number of benzene rings is 1. The number of hydrogen-bond acceptors (Lipinski definition) is 2. The van der Waals surface area contributed by atoms with Gasteiger partial charge in [0, 0.05) is 16.8 Å². The van der Waals surface area contributed by atoms with Gasteiger partial charge in [0.15, 0.2) is 0 Å². The third-order valence-electron chi connectivity index (χ3n) is 1.95. The number of aryl methyl sites for hydroxylation is 1. The van der Waals surface area contributed by atoms with Gasteiger partial charge in [-0.25, -0.2) is 0 Å². The molecule has 1 aromatic rings. The SMILES string of the molecule is Cc1cc(CC(N)CS)ccc1Cl. The zero-order valence-corrected chi connectivity index (χ0v) is 9.28. The fraction of sp³-hybridized carbons (Fsp3) is 0.400. The van der Waals surface area contributed by atoms with Crippen LogP contribution in [0.15, 0.2) is 18.2 Å². The summed E-state index contributed by atoms with van der Waals surface area (Å²) in [5.41, 5.74) is 8.11. The minimum absolute atomic E-state index is 0.129. The average Bonchev–Trinajstić information content (AvgIpc) is 2.11. The molecule has 0 aliphatic rings. The third-order valence-corrected chi connectivity index (χ3v) is 2.85. The van der Waals surface area contributed by atoms with Crippen LogP contribution in [0.2, 0.25) is 5.02 Å². The van der Waals surface area contributed by atoms with E-state index in [1.807, 2.05) is 19.1 Å². The van der Waals surface area contributed by atoms with Crippen LogP contribution in [0.4, 0.5) is 0 Å². The highest BCUT2D eigenvalue weighted by atomic mass is 35.5. The second-order valence-electron chi connectivity index (χ2n) is 3.23. The van der Waals surface area contributed by atoms with Crippen molar-refractivity contribution in [2.75, 3.05) is 5.75 Å². The van der Waals surface area contributed by atoms with E-state index < -0.39 is 0 Å². The van der Waals surface area contributed by atoms with Gasteiger partial charge in [0.1, 0.15) is 0 Å². The maximum absolute atomic E-state index is 5.90. The van der Waals surface area contributed by atoms with Crippen molar-refractivity contribution in [3.05, 3.63) is 34.3 Å². The Morgan fingerprint density at radius 1 is 1.54 bits per heavy atom. The minimum atomic E-state index is 0.129. The lowest BCUT2D eigenvalue weighted by Gasteiger charge is -2.09. The summed E-state index contributed by atoms with van der Waals surface area (Å²) in [6, 6.07) is 6.13. The van der Waals surface area contributed by atoms with Crippen LogP contribution >= 0.6 is 24.2 Å². The van der Waals surface area contributed by atoms with Crippen molar-refractivity contribution in [2.45, 2.75) is 19.4 Å². The Hall–Kier alpha value is -0.180. The first-order valence-electron chi connectivity index (χ1n) is 4.25. The molecule has 2 N–H and O–H groups in total. The predicted octanol–water partition coefficient (Wildman–Crippen LogP) is 2.45. The standard InChI is InChI=1S/C10H14ClNS/c1-7-4-8(2-3-10(7)11)5-9(12)6-13/h2-4,9,13H,5-6,12H2,1H3. The van der Waals surface area contributed by atoms with E-state index in [9.17, 15) is 0 Å². The molecule has 0 saturated carbocycles. The van der Waals surface area contributed by atoms with Crippen LogP contribution < -0.4 is 5.73 Å². The fourth-order valence-electron chi connectivity index (χ4n) is 1.20. The minimum Gasteiger partial charge on any atom is -0.327 e. The molecule has 0 aliphatic heterocycles. The van der Waals surface area contributed by atoms with Crippen LogP contribution in [0.1, 0.15) is 11.1 Å². The molecule has 0 heterocycles. The lowest BCUT2D eigenvalue weighted by atomic mass is 10.1. The van der Waals surface area contributed by atoms with Gasteiger partial charge in [-0.2, -0.15) is 12.6 Å². The first kappa shape index (κ1) is 10.9. The predicted molar refractivity (Wildman–Crippen MR) is 61.7 cm³/mol. The van der Waals surface area contributed by atoms with Gasteiger partial charge in [0.25, 0.3) is 0 Å². The van der Waals surface area contributed by atoms with Crippen molar-refractivity contribution in [1.82, 2.24) is 0 Å². The highest BCUT2D eigenvalue weighted by Crippen LogP contribution is 2.17. The van der Waals surface area contributed by atoms with E-state index in [4.69, 9.17) is 17.3 Å². The number of thiol groups is 1. The van der Waals surface area contributed by atoms with Gasteiger partial charge in [0.05, 0.1) is 0 Å². The molecule has 0 saturated heterocycles. The monoisotopic (exact) mass is 215 g/mol. The highest BCUT2D eigenvalue weighted by Gasteiger charge is 2.02. The number of nitrogens with two attached hydrogens (primary N) is 1. The highest BCUT2D eigenvalue weighted by molar-refractivity contribution is 7.80. The Morgan fingerprint density at radius 2 is 2.23 bits per heavy atom. The summed E-state index contributed by atoms with van der Waals surface area (Å²) in [6.45, 7) is 2.00. The second kappa shape index (κ2) is 4.89. The molecule has 1 unspecified atom stereocenters. The van der Waals surface area contributed by atoms with E-state index >= 15 is 0 Å². The lowest BCUT2D eigenvalue weighted by molar-refractivity contribution is 0.750. The van der Waals surface area contributed by atoms with Crippen molar-refractivity contribution in [3.8, 4) is 0 Å². The van der Waals surface area contributed by atoms with E-state index in [2.05, 4.69) is 18.7 Å². The Kier molecular flexibility index (Phi) is 4.10. The summed E-state index contributed by atoms with van der Waals surface area (Å²) in [4.78, 5) is 0. The first-order valence-corrected chi connectivity index (χ1v) is 5.26. The van der Waals surface area contributed by atoms with E-state index in [1.54, 1.807) is 0 Å². The maximum Gasteiger partial charge on any atom is 0.0435 e. The van der Waals surface area contributed by atoms with Gasteiger partial charge in [-0.3, -0.25) is 0 Å². The van der Waals surface area contributed by atoms with Crippen molar-refractivity contribution in [2.24, 2.45) is 5.73 Å². The molecule has 1 atom stereocenters. The Labute approximate surface area is 89.7 Å². The molecule has 0 aromatic heterocycles. The quantitative estimate of drug-likeness (QED) is 0.745. The Balaban J connectivity index is 2.73. The molecule has 1 aromatic carbocycles. The Morgan fingerprint density at radius 3 is 2.77 bits per heavy atom. The molecule has 0 aliphatic carbocycles. The molecule has 0 spiro atoms. The molecule has 0 fully saturated rings. The number of rotatable bonds is 3. The summed E-state index contributed by atoms with van der Waals surface area (Å²) in [5.74, 6) is 0.710. The molecule has 1 rings (SSSR count). The van der Waals surface area contributed by atoms with Gasteiger partial charge in [0.2, 0.25) is 0 Å². The molecular formula is C10H14ClNS. The van der Waals surface area contributed by atoms with Gasteiger partial charge >= 0.3 is 0 Å². The summed E-state index contributed by atoms with van der Waals surface area (Å²) in [5, 5.41) is 0.809. The summed E-state index contributed by atoms with van der Waals surface area (Å²) in [6.07, 6.45) is 0.863. The fourth-order valence-corrected chi connectivity index (χ4v) is 1.45. The van der Waals surface area contributed by atoms with Gasteiger partial charge in [-0.15, -0.1) is 0 Å². The van der Waals surface area contributed by atoms with Gasteiger partial charge < -0.3 is 5.73 Å². The lowest BCUT2D eigenvalue weighted by Crippen LogP contribution is -2.24. The largest absolute Gasteiger partial charge is 0.327 e. The van der Waals surface area contributed by atoms with Gasteiger partial charge in [-0.05, 0) is 30.5 Å². The number of halogens is 1. The molecule has 0 amide bonds. The van der Waals surface area contributed by atoms with Crippen molar-refractivity contribution in [1.29, 1.82) is 0 Å². The van der Waals surface area contributed by atoms with Crippen LogP contribution in [0.25, 0.3) is 0 Å². The molecule has 3 heteroatoms. The number of hydrogen-bond donors (Lipinski definition) is 2. The maximum atomic E-state index is 5.90. The van der Waals surface area contributed by atoms with Crippen LogP contribution in [0.3, 0.4) is 0 Å². The molecular weight excluding hydrogens is 202 g/mol. The van der Waals surface area contributed by atoms with Crippen molar-refractivity contribution in [3.63, 3.8) is 0 Å². The Bertz CT molecular complexity index is 288. The molecule has 0 radical (unpaired) electrons.